The van der Waals surface area contributed by atoms with E-state index in [4.69, 9.17) is 11.6 Å². The van der Waals surface area contributed by atoms with Crippen molar-refractivity contribution in [1.82, 2.24) is 0 Å². The van der Waals surface area contributed by atoms with Crippen molar-refractivity contribution in [2.24, 2.45) is 4.99 Å². The maximum absolute atomic E-state index is 13.3. The highest BCUT2D eigenvalue weighted by Gasteiger charge is 2.12. The lowest BCUT2D eigenvalue weighted by atomic mass is 10.3. The molecule has 1 aromatic rings. The van der Waals surface area contributed by atoms with Gasteiger partial charge in [0, 0.05) is 5.75 Å². The predicted molar refractivity (Wildman–Crippen MR) is 59.8 cm³/mol. The summed E-state index contributed by atoms with van der Waals surface area (Å²) < 4.78 is 13.3. The Morgan fingerprint density at radius 2 is 2.36 bits per heavy atom. The molecule has 5 heteroatoms. The van der Waals surface area contributed by atoms with Crippen LogP contribution >= 0.6 is 23.4 Å². The lowest BCUT2D eigenvalue weighted by molar-refractivity contribution is 0.632. The van der Waals surface area contributed by atoms with E-state index >= 15 is 0 Å². The fraction of sp³-hybridized carbons (Fsp3) is 0.222. The van der Waals surface area contributed by atoms with Crippen LogP contribution in [0, 0.1) is 5.82 Å². The first kappa shape index (κ1) is 9.80. The van der Waals surface area contributed by atoms with Crippen LogP contribution in [0.4, 0.5) is 10.1 Å². The number of anilines is 1. The van der Waals surface area contributed by atoms with E-state index in [1.165, 1.54) is 6.07 Å². The monoisotopic (exact) mass is 230 g/mol. The van der Waals surface area contributed by atoms with Gasteiger partial charge in [0.25, 0.3) is 0 Å². The van der Waals surface area contributed by atoms with Crippen molar-refractivity contribution in [2.45, 2.75) is 0 Å². The summed E-state index contributed by atoms with van der Waals surface area (Å²) in [5, 5.41) is 3.99. The molecule has 0 amide bonds. The van der Waals surface area contributed by atoms with Gasteiger partial charge in [0.2, 0.25) is 0 Å². The van der Waals surface area contributed by atoms with Crippen LogP contribution in [0.1, 0.15) is 0 Å². The molecule has 1 heterocycles. The first-order valence-electron chi connectivity index (χ1n) is 4.15. The van der Waals surface area contributed by atoms with Crippen molar-refractivity contribution in [2.75, 3.05) is 17.6 Å². The van der Waals surface area contributed by atoms with Gasteiger partial charge in [0.15, 0.2) is 5.17 Å². The molecule has 74 valence electrons. The molecule has 1 N–H and O–H groups in total. The summed E-state index contributed by atoms with van der Waals surface area (Å²) in [6, 6.07) is 4.59. The molecule has 0 aromatic heterocycles. The van der Waals surface area contributed by atoms with E-state index in [0.29, 0.717) is 10.7 Å². The Labute approximate surface area is 90.6 Å². The van der Waals surface area contributed by atoms with Gasteiger partial charge in [-0.3, -0.25) is 4.99 Å². The van der Waals surface area contributed by atoms with Gasteiger partial charge in [-0.15, -0.1) is 0 Å². The number of nitrogens with zero attached hydrogens (tertiary/aromatic N) is 1. The summed E-state index contributed by atoms with van der Waals surface area (Å²) in [5.41, 5.74) is 0.308. The van der Waals surface area contributed by atoms with E-state index in [-0.39, 0.29) is 5.82 Å². The number of amidine groups is 1. The van der Waals surface area contributed by atoms with Gasteiger partial charge in [-0.2, -0.15) is 0 Å². The minimum atomic E-state index is -0.354. The van der Waals surface area contributed by atoms with Gasteiger partial charge >= 0.3 is 0 Å². The molecule has 0 unspecified atom stereocenters. The highest BCUT2D eigenvalue weighted by molar-refractivity contribution is 8.14. The molecule has 2 rings (SSSR count). The number of para-hydroxylation sites is 1. The minimum Gasteiger partial charge on any atom is -0.331 e. The van der Waals surface area contributed by atoms with Gasteiger partial charge in [0.1, 0.15) is 5.82 Å². The number of rotatable bonds is 1. The highest BCUT2D eigenvalue weighted by atomic mass is 35.5. The fourth-order valence-electron chi connectivity index (χ4n) is 1.13. The number of halogens is 2. The largest absolute Gasteiger partial charge is 0.331 e. The molecule has 0 spiro atoms. The predicted octanol–water partition coefficient (Wildman–Crippen LogP) is 2.99. The van der Waals surface area contributed by atoms with Crippen LogP contribution in [0.2, 0.25) is 5.02 Å². The summed E-state index contributed by atoms with van der Waals surface area (Å²) >= 11 is 7.41. The van der Waals surface area contributed by atoms with Crippen molar-refractivity contribution in [1.29, 1.82) is 0 Å². The standard InChI is InChI=1S/C9H8ClFN2S/c10-6-2-1-3-7(11)8(6)13-9-12-4-5-14-9/h1-3H,4-5H2,(H,12,13). The Kier molecular flexibility index (Phi) is 2.93. The van der Waals surface area contributed by atoms with Crippen molar-refractivity contribution in [3.8, 4) is 0 Å². The van der Waals surface area contributed by atoms with Gasteiger partial charge < -0.3 is 5.32 Å². The second-order valence-electron chi connectivity index (χ2n) is 2.76. The third kappa shape index (κ3) is 2.01. The van der Waals surface area contributed by atoms with E-state index in [1.807, 2.05) is 0 Å². The normalized spacial score (nSPS) is 15.4. The van der Waals surface area contributed by atoms with Crippen LogP contribution < -0.4 is 5.32 Å². The second kappa shape index (κ2) is 4.19. The Hall–Kier alpha value is -0.740. The summed E-state index contributed by atoms with van der Waals surface area (Å²) in [4.78, 5) is 4.16. The number of hydrogen-bond acceptors (Lipinski definition) is 3. The summed E-state index contributed by atoms with van der Waals surface area (Å²) in [7, 11) is 0. The Balaban J connectivity index is 2.23. The smallest absolute Gasteiger partial charge is 0.161 e. The van der Waals surface area contributed by atoms with Crippen molar-refractivity contribution in [3.05, 3.63) is 29.0 Å². The van der Waals surface area contributed by atoms with E-state index < -0.39 is 0 Å². The molecule has 1 aliphatic heterocycles. The van der Waals surface area contributed by atoms with Crippen LogP contribution in [-0.4, -0.2) is 17.5 Å². The van der Waals surface area contributed by atoms with Crippen LogP contribution in [0.3, 0.4) is 0 Å². The number of benzene rings is 1. The molecule has 0 radical (unpaired) electrons. The molecule has 0 saturated heterocycles. The Morgan fingerprint density at radius 3 is 3.00 bits per heavy atom. The summed E-state index contributed by atoms with van der Waals surface area (Å²) in [5.74, 6) is 0.585. The summed E-state index contributed by atoms with van der Waals surface area (Å²) in [6.45, 7) is 0.777. The first-order chi connectivity index (χ1) is 6.77. The molecule has 0 atom stereocenters. The first-order valence-corrected chi connectivity index (χ1v) is 5.52. The molecule has 0 bridgehead atoms. The second-order valence-corrected chi connectivity index (χ2v) is 4.25. The highest BCUT2D eigenvalue weighted by Crippen LogP contribution is 2.26. The quantitative estimate of drug-likeness (QED) is 0.802. The molecular weight excluding hydrogens is 223 g/mol. The zero-order chi connectivity index (χ0) is 9.97. The topological polar surface area (TPSA) is 24.4 Å². The average molecular weight is 231 g/mol. The minimum absolute atomic E-state index is 0.308. The van der Waals surface area contributed by atoms with Crippen molar-refractivity contribution < 1.29 is 4.39 Å². The van der Waals surface area contributed by atoms with Crippen LogP contribution in [-0.2, 0) is 0 Å². The van der Waals surface area contributed by atoms with E-state index in [1.54, 1.807) is 23.9 Å². The molecule has 1 aliphatic rings. The maximum Gasteiger partial charge on any atom is 0.161 e. The zero-order valence-electron chi connectivity index (χ0n) is 7.26. The molecule has 0 aliphatic carbocycles. The number of nitrogens with one attached hydrogen (secondary N) is 1. The molecule has 0 fully saturated rings. The Morgan fingerprint density at radius 1 is 1.50 bits per heavy atom. The maximum atomic E-state index is 13.3. The zero-order valence-corrected chi connectivity index (χ0v) is 8.83. The number of hydrogen-bond donors (Lipinski definition) is 1. The van der Waals surface area contributed by atoms with Crippen molar-refractivity contribution >= 4 is 34.2 Å². The number of thioether (sulfide) groups is 1. The molecule has 2 nitrogen and oxygen atoms in total. The van der Waals surface area contributed by atoms with Crippen molar-refractivity contribution in [3.63, 3.8) is 0 Å². The SMILES string of the molecule is Fc1cccc(Cl)c1NC1=NCCS1. The van der Waals surface area contributed by atoms with E-state index in [2.05, 4.69) is 10.3 Å². The average Bonchev–Trinajstić information content (AvgIpc) is 2.64. The van der Waals surface area contributed by atoms with E-state index in [0.717, 1.165) is 17.5 Å². The van der Waals surface area contributed by atoms with Crippen LogP contribution in [0.15, 0.2) is 23.2 Å². The Bertz CT molecular complexity index is 361. The van der Waals surface area contributed by atoms with Gasteiger partial charge in [-0.1, -0.05) is 29.4 Å². The number of aliphatic imine (C=N–C) groups is 1. The van der Waals surface area contributed by atoms with Gasteiger partial charge in [0.05, 0.1) is 17.3 Å². The van der Waals surface area contributed by atoms with Gasteiger partial charge in [-0.25, -0.2) is 4.39 Å². The van der Waals surface area contributed by atoms with Gasteiger partial charge in [-0.05, 0) is 12.1 Å². The lowest BCUT2D eigenvalue weighted by Gasteiger charge is -2.07. The van der Waals surface area contributed by atoms with Crippen LogP contribution in [0.25, 0.3) is 0 Å². The molecule has 14 heavy (non-hydrogen) atoms. The molecular formula is C9H8ClFN2S. The fourth-order valence-corrected chi connectivity index (χ4v) is 2.08. The third-order valence-electron chi connectivity index (χ3n) is 1.78. The van der Waals surface area contributed by atoms with Crippen LogP contribution in [0.5, 0.6) is 0 Å². The lowest BCUT2D eigenvalue weighted by Crippen LogP contribution is -2.07. The molecule has 1 aromatic carbocycles. The van der Waals surface area contributed by atoms with E-state index in [9.17, 15) is 4.39 Å². The summed E-state index contributed by atoms with van der Waals surface area (Å²) in [6.07, 6.45) is 0. The molecule has 0 saturated carbocycles. The third-order valence-corrected chi connectivity index (χ3v) is 2.99.